The zero-order chi connectivity index (χ0) is 22.2. The van der Waals surface area contributed by atoms with Crippen LogP contribution >= 0.6 is 0 Å². The van der Waals surface area contributed by atoms with Crippen molar-refractivity contribution in [3.8, 4) is 0 Å². The number of hydrogen-bond donors (Lipinski definition) is 0. The number of fused-ring (bicyclic) bond motifs is 1. The van der Waals surface area contributed by atoms with Gasteiger partial charge >= 0.3 is 6.18 Å². The summed E-state index contributed by atoms with van der Waals surface area (Å²) in [7, 11) is 0. The summed E-state index contributed by atoms with van der Waals surface area (Å²) in [4.78, 5) is 18.8. The second-order valence-electron chi connectivity index (χ2n) is 8.02. The SMILES string of the molecule is O=C1C2CN(Cc3cc(F)cc(F)c3)CCN2CCN1Cc1ccc(C(F)(F)F)cc1. The second-order valence-corrected chi connectivity index (χ2v) is 8.02. The molecule has 2 aliphatic rings. The fraction of sp³-hybridized carbons (Fsp3) is 0.409. The third-order valence-electron chi connectivity index (χ3n) is 5.81. The molecule has 2 aromatic carbocycles. The minimum Gasteiger partial charge on any atom is -0.336 e. The summed E-state index contributed by atoms with van der Waals surface area (Å²) < 4.78 is 65.2. The van der Waals surface area contributed by atoms with Gasteiger partial charge in [0, 0.05) is 51.9 Å². The zero-order valence-corrected chi connectivity index (χ0v) is 16.7. The normalized spacial score (nSPS) is 20.7. The molecule has 0 aromatic heterocycles. The predicted octanol–water partition coefficient (Wildman–Crippen LogP) is 3.51. The molecule has 2 aromatic rings. The molecule has 9 heteroatoms. The van der Waals surface area contributed by atoms with Crippen molar-refractivity contribution in [3.05, 3.63) is 70.8 Å². The van der Waals surface area contributed by atoms with Gasteiger partial charge in [0.2, 0.25) is 5.91 Å². The minimum atomic E-state index is -4.39. The summed E-state index contributed by atoms with van der Waals surface area (Å²) in [6, 6.07) is 7.86. The summed E-state index contributed by atoms with van der Waals surface area (Å²) in [6.45, 7) is 3.55. The van der Waals surface area contributed by atoms with E-state index in [1.807, 2.05) is 4.90 Å². The Labute approximate surface area is 176 Å². The van der Waals surface area contributed by atoms with Crippen LogP contribution in [0.1, 0.15) is 16.7 Å². The number of halogens is 5. The first-order valence-electron chi connectivity index (χ1n) is 10.1. The summed E-state index contributed by atoms with van der Waals surface area (Å²) in [5, 5.41) is 0. The van der Waals surface area contributed by atoms with Crippen molar-refractivity contribution in [2.75, 3.05) is 32.7 Å². The number of carbonyl (C=O) groups excluding carboxylic acids is 1. The van der Waals surface area contributed by atoms with Gasteiger partial charge in [0.15, 0.2) is 0 Å². The van der Waals surface area contributed by atoms with Crippen molar-refractivity contribution in [1.29, 1.82) is 0 Å². The van der Waals surface area contributed by atoms with Crippen molar-refractivity contribution in [3.63, 3.8) is 0 Å². The average Bonchev–Trinajstić information content (AvgIpc) is 2.69. The maximum absolute atomic E-state index is 13.5. The highest BCUT2D eigenvalue weighted by Crippen LogP contribution is 2.29. The van der Waals surface area contributed by atoms with E-state index < -0.39 is 23.4 Å². The second kappa shape index (κ2) is 8.55. The van der Waals surface area contributed by atoms with Gasteiger partial charge in [0.05, 0.1) is 5.56 Å². The fourth-order valence-electron chi connectivity index (χ4n) is 4.23. The predicted molar refractivity (Wildman–Crippen MR) is 104 cm³/mol. The van der Waals surface area contributed by atoms with Gasteiger partial charge in [-0.2, -0.15) is 13.2 Å². The number of hydrogen-bond acceptors (Lipinski definition) is 3. The van der Waals surface area contributed by atoms with Crippen molar-refractivity contribution < 1.29 is 26.7 Å². The number of piperazine rings is 2. The summed E-state index contributed by atoms with van der Waals surface area (Å²) in [5.41, 5.74) is 0.428. The number of amides is 1. The Bertz CT molecular complexity index is 927. The van der Waals surface area contributed by atoms with Crippen molar-refractivity contribution in [1.82, 2.24) is 14.7 Å². The van der Waals surface area contributed by atoms with Crippen LogP contribution in [0.2, 0.25) is 0 Å². The van der Waals surface area contributed by atoms with Gasteiger partial charge in [-0.15, -0.1) is 0 Å². The highest BCUT2D eigenvalue weighted by molar-refractivity contribution is 5.83. The first-order chi connectivity index (χ1) is 14.7. The molecule has 0 radical (unpaired) electrons. The van der Waals surface area contributed by atoms with E-state index in [1.54, 1.807) is 4.90 Å². The van der Waals surface area contributed by atoms with E-state index in [2.05, 4.69) is 4.90 Å². The summed E-state index contributed by atoms with van der Waals surface area (Å²) in [6.07, 6.45) is -4.39. The number of nitrogens with zero attached hydrogens (tertiary/aromatic N) is 3. The van der Waals surface area contributed by atoms with Gasteiger partial charge < -0.3 is 4.90 Å². The molecule has 1 unspecified atom stereocenters. The highest BCUT2D eigenvalue weighted by Gasteiger charge is 2.38. The first kappa shape index (κ1) is 21.7. The van der Waals surface area contributed by atoms with Gasteiger partial charge in [-0.1, -0.05) is 12.1 Å². The van der Waals surface area contributed by atoms with Gasteiger partial charge in [0.1, 0.15) is 17.7 Å². The van der Waals surface area contributed by atoms with Crippen LogP contribution in [0.25, 0.3) is 0 Å². The number of alkyl halides is 3. The number of carbonyl (C=O) groups is 1. The molecule has 0 saturated carbocycles. The summed E-state index contributed by atoms with van der Waals surface area (Å²) >= 11 is 0. The van der Waals surface area contributed by atoms with Gasteiger partial charge in [0.25, 0.3) is 0 Å². The fourth-order valence-corrected chi connectivity index (χ4v) is 4.23. The third-order valence-corrected chi connectivity index (χ3v) is 5.81. The molecule has 31 heavy (non-hydrogen) atoms. The van der Waals surface area contributed by atoms with Gasteiger partial charge in [-0.3, -0.25) is 14.6 Å². The lowest BCUT2D eigenvalue weighted by Gasteiger charge is -2.46. The van der Waals surface area contributed by atoms with Crippen molar-refractivity contribution in [2.45, 2.75) is 25.3 Å². The molecule has 2 heterocycles. The molecule has 0 bridgehead atoms. The Hall–Kier alpha value is -2.52. The van der Waals surface area contributed by atoms with E-state index in [-0.39, 0.29) is 18.5 Å². The van der Waals surface area contributed by atoms with Gasteiger partial charge in [-0.05, 0) is 35.4 Å². The molecule has 0 N–H and O–H groups in total. The monoisotopic (exact) mass is 439 g/mol. The maximum atomic E-state index is 13.5. The standard InChI is InChI=1S/C22H22F5N3O/c23-18-9-16(10-19(24)11-18)12-28-5-6-29-7-8-30(21(31)20(29)14-28)13-15-1-3-17(4-2-15)22(25,26)27/h1-4,9-11,20H,5-8,12-14H2. The first-order valence-corrected chi connectivity index (χ1v) is 10.1. The topological polar surface area (TPSA) is 26.8 Å². The minimum absolute atomic E-state index is 0.0822. The van der Waals surface area contributed by atoms with Crippen LogP contribution in [0.4, 0.5) is 22.0 Å². The van der Waals surface area contributed by atoms with E-state index >= 15 is 0 Å². The molecule has 0 spiro atoms. The summed E-state index contributed by atoms with van der Waals surface area (Å²) in [5.74, 6) is -1.35. The lowest BCUT2D eigenvalue weighted by molar-refractivity contribution is -0.146. The molecule has 166 valence electrons. The Morgan fingerprint density at radius 2 is 1.48 bits per heavy atom. The molecule has 1 atom stereocenters. The molecule has 2 fully saturated rings. The smallest absolute Gasteiger partial charge is 0.336 e. The molecular weight excluding hydrogens is 417 g/mol. The van der Waals surface area contributed by atoms with E-state index in [9.17, 15) is 26.7 Å². The Balaban J connectivity index is 1.40. The average molecular weight is 439 g/mol. The van der Waals surface area contributed by atoms with Crippen LogP contribution in [0.3, 0.4) is 0 Å². The maximum Gasteiger partial charge on any atom is 0.416 e. The van der Waals surface area contributed by atoms with Crippen molar-refractivity contribution >= 4 is 5.91 Å². The van der Waals surface area contributed by atoms with Gasteiger partial charge in [-0.25, -0.2) is 8.78 Å². The lowest BCUT2D eigenvalue weighted by atomic mass is 10.0. The quantitative estimate of drug-likeness (QED) is 0.683. The number of rotatable bonds is 4. The van der Waals surface area contributed by atoms with Crippen LogP contribution in [-0.4, -0.2) is 59.4 Å². The Morgan fingerprint density at radius 3 is 2.13 bits per heavy atom. The van der Waals surface area contributed by atoms with E-state index in [0.29, 0.717) is 50.4 Å². The molecule has 2 saturated heterocycles. The van der Waals surface area contributed by atoms with Crippen molar-refractivity contribution in [2.24, 2.45) is 0 Å². The lowest BCUT2D eigenvalue weighted by Crippen LogP contribution is -2.64. The molecule has 4 rings (SSSR count). The zero-order valence-electron chi connectivity index (χ0n) is 16.7. The number of benzene rings is 2. The van der Waals surface area contributed by atoms with Crippen LogP contribution in [0.15, 0.2) is 42.5 Å². The molecule has 4 nitrogen and oxygen atoms in total. The van der Waals surface area contributed by atoms with E-state index in [4.69, 9.17) is 0 Å². The molecule has 0 aliphatic carbocycles. The van der Waals surface area contributed by atoms with E-state index in [1.165, 1.54) is 24.3 Å². The third kappa shape index (κ3) is 5.04. The molecular formula is C22H22F5N3O. The highest BCUT2D eigenvalue weighted by atomic mass is 19.4. The van der Waals surface area contributed by atoms with Crippen LogP contribution < -0.4 is 0 Å². The van der Waals surface area contributed by atoms with Crippen LogP contribution in [0, 0.1) is 11.6 Å². The van der Waals surface area contributed by atoms with E-state index in [0.717, 1.165) is 18.2 Å². The largest absolute Gasteiger partial charge is 0.416 e. The Morgan fingerprint density at radius 1 is 0.839 bits per heavy atom. The van der Waals surface area contributed by atoms with Crippen LogP contribution in [-0.2, 0) is 24.1 Å². The molecule has 2 aliphatic heterocycles. The molecule has 1 amide bonds. The van der Waals surface area contributed by atoms with Crippen LogP contribution in [0.5, 0.6) is 0 Å². The Kier molecular flexibility index (Phi) is 5.98.